The van der Waals surface area contributed by atoms with E-state index >= 15 is 0 Å². The van der Waals surface area contributed by atoms with Crippen molar-refractivity contribution < 1.29 is 14.3 Å². The van der Waals surface area contributed by atoms with Crippen LogP contribution in [0.2, 0.25) is 0 Å². The average Bonchev–Trinajstić information content (AvgIpc) is 2.82. The van der Waals surface area contributed by atoms with Gasteiger partial charge in [-0.25, -0.2) is 9.97 Å². The lowest BCUT2D eigenvalue weighted by Gasteiger charge is -2.35. The predicted molar refractivity (Wildman–Crippen MR) is 118 cm³/mol. The monoisotopic (exact) mass is 431 g/mol. The highest BCUT2D eigenvalue weighted by atomic mass is 16.5. The number of nitrogens with one attached hydrogen (secondary N) is 1. The number of aliphatic imine (C=N–C) groups is 1. The maximum Gasteiger partial charge on any atom is 0.310 e. The summed E-state index contributed by atoms with van der Waals surface area (Å²) in [5, 5.41) is 3.28. The van der Waals surface area contributed by atoms with Gasteiger partial charge in [-0.1, -0.05) is 0 Å². The highest BCUT2D eigenvalue weighted by Crippen LogP contribution is 2.18. The summed E-state index contributed by atoms with van der Waals surface area (Å²) in [6.07, 6.45) is 5.62. The van der Waals surface area contributed by atoms with Crippen molar-refractivity contribution in [3.05, 3.63) is 18.5 Å². The summed E-state index contributed by atoms with van der Waals surface area (Å²) in [6.45, 7) is 6.96. The van der Waals surface area contributed by atoms with Crippen molar-refractivity contribution in [1.82, 2.24) is 25.1 Å². The Morgan fingerprint density at radius 3 is 2.58 bits per heavy atom. The zero-order valence-corrected chi connectivity index (χ0v) is 18.5. The molecule has 10 nitrogen and oxygen atoms in total. The van der Waals surface area contributed by atoms with E-state index in [4.69, 9.17) is 4.74 Å². The van der Waals surface area contributed by atoms with Gasteiger partial charge in [-0.05, 0) is 25.8 Å². The minimum absolute atomic E-state index is 0.125. The summed E-state index contributed by atoms with van der Waals surface area (Å²) in [4.78, 5) is 43.7. The Bertz CT molecular complexity index is 751. The van der Waals surface area contributed by atoms with Crippen LogP contribution >= 0.6 is 0 Å². The van der Waals surface area contributed by atoms with E-state index in [0.29, 0.717) is 45.2 Å². The molecular formula is C21H33N7O3. The van der Waals surface area contributed by atoms with Crippen LogP contribution in [0.4, 0.5) is 5.95 Å². The Morgan fingerprint density at radius 1 is 1.16 bits per heavy atom. The fraction of sp³-hybridized carbons (Fsp3) is 0.667. The van der Waals surface area contributed by atoms with Crippen molar-refractivity contribution >= 4 is 23.8 Å². The Kier molecular flexibility index (Phi) is 8.43. The van der Waals surface area contributed by atoms with Crippen molar-refractivity contribution in [2.24, 2.45) is 10.9 Å². The number of esters is 1. The zero-order chi connectivity index (χ0) is 22.1. The summed E-state index contributed by atoms with van der Waals surface area (Å²) >= 11 is 0. The zero-order valence-electron chi connectivity index (χ0n) is 18.5. The lowest BCUT2D eigenvalue weighted by molar-refractivity contribution is -0.149. The smallest absolute Gasteiger partial charge is 0.310 e. The molecule has 1 aromatic heterocycles. The number of ether oxygens (including phenoxy) is 1. The second-order valence-corrected chi connectivity index (χ2v) is 7.68. The minimum Gasteiger partial charge on any atom is -0.466 e. The Morgan fingerprint density at radius 2 is 1.90 bits per heavy atom. The van der Waals surface area contributed by atoms with Crippen LogP contribution in [0.1, 0.15) is 26.2 Å². The second-order valence-electron chi connectivity index (χ2n) is 7.68. The fourth-order valence-corrected chi connectivity index (χ4v) is 4.00. The summed E-state index contributed by atoms with van der Waals surface area (Å²) in [5.41, 5.74) is 0. The highest BCUT2D eigenvalue weighted by molar-refractivity contribution is 5.82. The van der Waals surface area contributed by atoms with Crippen molar-refractivity contribution in [3.8, 4) is 0 Å². The molecule has 170 valence electrons. The van der Waals surface area contributed by atoms with Gasteiger partial charge in [0.1, 0.15) is 0 Å². The van der Waals surface area contributed by atoms with E-state index in [2.05, 4.69) is 30.1 Å². The molecule has 1 unspecified atom stereocenters. The van der Waals surface area contributed by atoms with E-state index < -0.39 is 0 Å². The van der Waals surface area contributed by atoms with Gasteiger partial charge in [0.25, 0.3) is 0 Å². The molecular weight excluding hydrogens is 398 g/mol. The molecule has 10 heteroatoms. The predicted octanol–water partition coefficient (Wildman–Crippen LogP) is 0.366. The first-order valence-corrected chi connectivity index (χ1v) is 11.0. The van der Waals surface area contributed by atoms with Gasteiger partial charge in [0, 0.05) is 71.7 Å². The summed E-state index contributed by atoms with van der Waals surface area (Å²) in [6, 6.07) is 1.80. The third-order valence-electron chi connectivity index (χ3n) is 5.64. The van der Waals surface area contributed by atoms with Crippen LogP contribution in [-0.4, -0.2) is 97.1 Å². The molecule has 3 rings (SSSR count). The largest absolute Gasteiger partial charge is 0.466 e. The number of anilines is 1. The molecule has 1 amide bonds. The van der Waals surface area contributed by atoms with E-state index in [0.717, 1.165) is 38.4 Å². The van der Waals surface area contributed by atoms with Crippen LogP contribution in [0.5, 0.6) is 0 Å². The molecule has 1 atom stereocenters. The van der Waals surface area contributed by atoms with E-state index in [1.165, 1.54) is 0 Å². The molecule has 0 saturated carbocycles. The van der Waals surface area contributed by atoms with Crippen molar-refractivity contribution in [1.29, 1.82) is 0 Å². The first kappa shape index (κ1) is 22.8. The van der Waals surface area contributed by atoms with E-state index in [1.54, 1.807) is 25.5 Å². The van der Waals surface area contributed by atoms with Crippen LogP contribution in [-0.2, 0) is 14.3 Å². The molecule has 1 N–H and O–H groups in total. The molecule has 0 aliphatic carbocycles. The molecule has 0 spiro atoms. The van der Waals surface area contributed by atoms with E-state index in [1.807, 2.05) is 11.8 Å². The third-order valence-corrected chi connectivity index (χ3v) is 5.64. The van der Waals surface area contributed by atoms with Crippen LogP contribution in [0.25, 0.3) is 0 Å². The van der Waals surface area contributed by atoms with Gasteiger partial charge in [-0.15, -0.1) is 0 Å². The number of piperidine rings is 1. The normalized spacial score (nSPS) is 19.9. The maximum absolute atomic E-state index is 12.6. The number of aromatic nitrogens is 2. The summed E-state index contributed by atoms with van der Waals surface area (Å²) < 4.78 is 5.17. The van der Waals surface area contributed by atoms with Crippen molar-refractivity contribution in [2.45, 2.75) is 26.2 Å². The summed E-state index contributed by atoms with van der Waals surface area (Å²) in [5.74, 6) is 1.30. The van der Waals surface area contributed by atoms with Crippen LogP contribution in [0.3, 0.4) is 0 Å². The topological polar surface area (TPSA) is 103 Å². The Hall–Kier alpha value is -2.91. The molecule has 2 aliphatic heterocycles. The Labute approximate surface area is 183 Å². The SMILES string of the molecule is CCOC(=O)C1CCCN(C(=NC)NCCC(=O)N2CCN(c3ncccn3)CC2)C1. The number of likely N-dealkylation sites (tertiary alicyclic amines) is 1. The number of carbonyl (C=O) groups is 2. The third kappa shape index (κ3) is 6.28. The van der Waals surface area contributed by atoms with Crippen molar-refractivity contribution in [2.75, 3.05) is 64.4 Å². The number of hydrogen-bond donors (Lipinski definition) is 1. The van der Waals surface area contributed by atoms with Gasteiger partial charge in [0.15, 0.2) is 5.96 Å². The van der Waals surface area contributed by atoms with E-state index in [9.17, 15) is 9.59 Å². The fourth-order valence-electron chi connectivity index (χ4n) is 4.00. The number of amides is 1. The van der Waals surface area contributed by atoms with Gasteiger partial charge >= 0.3 is 5.97 Å². The van der Waals surface area contributed by atoms with Gasteiger partial charge in [0.05, 0.1) is 12.5 Å². The van der Waals surface area contributed by atoms with Gasteiger partial charge in [0.2, 0.25) is 11.9 Å². The molecule has 0 bridgehead atoms. The first-order chi connectivity index (χ1) is 15.1. The lowest BCUT2D eigenvalue weighted by Crippen LogP contribution is -2.51. The molecule has 0 aromatic carbocycles. The number of nitrogens with zero attached hydrogens (tertiary/aromatic N) is 6. The van der Waals surface area contributed by atoms with Crippen LogP contribution < -0.4 is 10.2 Å². The number of piperazine rings is 1. The number of guanidine groups is 1. The van der Waals surface area contributed by atoms with Crippen LogP contribution in [0.15, 0.2) is 23.5 Å². The van der Waals surface area contributed by atoms with Crippen molar-refractivity contribution in [3.63, 3.8) is 0 Å². The molecule has 3 heterocycles. The quantitative estimate of drug-likeness (QED) is 0.391. The molecule has 31 heavy (non-hydrogen) atoms. The summed E-state index contributed by atoms with van der Waals surface area (Å²) in [7, 11) is 1.73. The first-order valence-electron chi connectivity index (χ1n) is 11.0. The molecule has 2 saturated heterocycles. The van der Waals surface area contributed by atoms with E-state index in [-0.39, 0.29) is 17.8 Å². The van der Waals surface area contributed by atoms with Gasteiger partial charge in [-0.3, -0.25) is 14.6 Å². The highest BCUT2D eigenvalue weighted by Gasteiger charge is 2.28. The second kappa shape index (κ2) is 11.5. The van der Waals surface area contributed by atoms with Gasteiger partial charge in [-0.2, -0.15) is 0 Å². The number of rotatable bonds is 6. The molecule has 0 radical (unpaired) electrons. The molecule has 1 aromatic rings. The molecule has 2 fully saturated rings. The number of carbonyl (C=O) groups excluding carboxylic acids is 2. The number of hydrogen-bond acceptors (Lipinski definition) is 7. The maximum atomic E-state index is 12.6. The lowest BCUT2D eigenvalue weighted by atomic mass is 9.98. The van der Waals surface area contributed by atoms with Crippen LogP contribution in [0, 0.1) is 5.92 Å². The van der Waals surface area contributed by atoms with Gasteiger partial charge < -0.3 is 24.8 Å². The average molecular weight is 432 g/mol. The standard InChI is InChI=1S/C21H33N7O3/c1-3-31-19(30)17-6-4-11-28(16-17)20(22-2)25-10-7-18(29)26-12-14-27(15-13-26)21-23-8-5-9-24-21/h5,8-9,17H,3-4,6-7,10-16H2,1-2H3,(H,22,25). The Balaban J connectivity index is 1.40. The minimum atomic E-state index is -0.141. The molecule has 2 aliphatic rings.